The Morgan fingerprint density at radius 3 is 2.61 bits per heavy atom. The Balaban J connectivity index is 1.70. The first-order valence-electron chi connectivity index (χ1n) is 6.86. The van der Waals surface area contributed by atoms with Crippen LogP contribution in [0.5, 0.6) is 0 Å². The van der Waals surface area contributed by atoms with Gasteiger partial charge in [-0.25, -0.2) is 0 Å². The van der Waals surface area contributed by atoms with Crippen LogP contribution in [-0.2, 0) is 15.9 Å². The second kappa shape index (κ2) is 6.88. The molecule has 1 aliphatic rings. The van der Waals surface area contributed by atoms with E-state index in [9.17, 15) is 0 Å². The maximum atomic E-state index is 5.50. The monoisotopic (exact) mass is 249 g/mol. The Morgan fingerprint density at radius 1 is 1.22 bits per heavy atom. The molecule has 1 N–H and O–H groups in total. The van der Waals surface area contributed by atoms with Gasteiger partial charge in [-0.1, -0.05) is 24.3 Å². The maximum absolute atomic E-state index is 5.50. The summed E-state index contributed by atoms with van der Waals surface area (Å²) in [6, 6.07) is 8.68. The fraction of sp³-hybridized carbons (Fsp3) is 0.600. The molecule has 100 valence electrons. The molecule has 3 nitrogen and oxygen atoms in total. The average molecular weight is 249 g/mol. The summed E-state index contributed by atoms with van der Waals surface area (Å²) >= 11 is 0. The van der Waals surface area contributed by atoms with Crippen molar-refractivity contribution in [3.8, 4) is 0 Å². The van der Waals surface area contributed by atoms with Crippen molar-refractivity contribution >= 4 is 0 Å². The molecule has 3 heteroatoms. The maximum Gasteiger partial charge on any atom is 0.169 e. The molecule has 2 rings (SSSR count). The molecular formula is C15H23NO2. The van der Waals surface area contributed by atoms with Crippen LogP contribution >= 0.6 is 0 Å². The van der Waals surface area contributed by atoms with Crippen molar-refractivity contribution in [2.45, 2.75) is 32.5 Å². The van der Waals surface area contributed by atoms with Crippen LogP contribution in [0.2, 0.25) is 0 Å². The zero-order valence-electron chi connectivity index (χ0n) is 11.3. The molecule has 1 unspecified atom stereocenters. The summed E-state index contributed by atoms with van der Waals surface area (Å²) in [5, 5.41) is 3.45. The Morgan fingerprint density at radius 2 is 1.94 bits per heavy atom. The van der Waals surface area contributed by atoms with Crippen molar-refractivity contribution < 1.29 is 9.47 Å². The molecule has 0 fully saturated rings. The molecule has 1 aromatic rings. The third-order valence-electron chi connectivity index (χ3n) is 3.37. The Labute approximate surface area is 109 Å². The summed E-state index contributed by atoms with van der Waals surface area (Å²) in [6.45, 7) is 7.15. The van der Waals surface area contributed by atoms with Gasteiger partial charge in [-0.2, -0.15) is 0 Å². The summed E-state index contributed by atoms with van der Waals surface area (Å²) in [5.74, 6) is 0.658. The molecule has 0 saturated heterocycles. The van der Waals surface area contributed by atoms with Crippen LogP contribution in [0, 0.1) is 0 Å². The van der Waals surface area contributed by atoms with Gasteiger partial charge in [-0.3, -0.25) is 0 Å². The molecule has 0 radical (unpaired) electrons. The van der Waals surface area contributed by atoms with E-state index >= 15 is 0 Å². The minimum Gasteiger partial charge on any atom is -0.352 e. The summed E-state index contributed by atoms with van der Waals surface area (Å²) in [6.07, 6.45) is 1.08. The summed E-state index contributed by atoms with van der Waals surface area (Å²) in [4.78, 5) is 0. The predicted octanol–water partition coefficient (Wildman–Crippen LogP) is 2.32. The van der Waals surface area contributed by atoms with E-state index in [1.165, 1.54) is 17.5 Å². The lowest BCUT2D eigenvalue weighted by Gasteiger charge is -2.30. The number of nitrogens with one attached hydrogen (secondary N) is 1. The van der Waals surface area contributed by atoms with E-state index in [0.717, 1.165) is 13.1 Å². The number of rotatable bonds is 8. The first kappa shape index (κ1) is 13.5. The molecule has 1 atom stereocenters. The van der Waals surface area contributed by atoms with Crippen LogP contribution in [-0.4, -0.2) is 32.6 Å². The van der Waals surface area contributed by atoms with Crippen molar-refractivity contribution in [1.29, 1.82) is 0 Å². The van der Waals surface area contributed by atoms with Crippen LogP contribution in [0.4, 0.5) is 0 Å². The van der Waals surface area contributed by atoms with Gasteiger partial charge in [0.1, 0.15) is 0 Å². The molecule has 0 bridgehead atoms. The zero-order valence-corrected chi connectivity index (χ0v) is 11.3. The Hall–Kier alpha value is -0.900. The second-order valence-electron chi connectivity index (χ2n) is 4.60. The van der Waals surface area contributed by atoms with Gasteiger partial charge in [-0.05, 0) is 31.4 Å². The number of benzene rings is 1. The lowest BCUT2D eigenvalue weighted by atomic mass is 9.78. The second-order valence-corrected chi connectivity index (χ2v) is 4.60. The summed E-state index contributed by atoms with van der Waals surface area (Å²) in [5.41, 5.74) is 2.99. The van der Waals surface area contributed by atoms with E-state index in [2.05, 4.69) is 29.6 Å². The van der Waals surface area contributed by atoms with E-state index in [1.54, 1.807) is 0 Å². The molecule has 0 amide bonds. The fourth-order valence-electron chi connectivity index (χ4n) is 2.46. The SMILES string of the molecule is CCOC(CNCC1Cc2ccccc21)OCC. The quantitative estimate of drug-likeness (QED) is 0.717. The summed E-state index contributed by atoms with van der Waals surface area (Å²) in [7, 11) is 0. The van der Waals surface area contributed by atoms with E-state index in [4.69, 9.17) is 9.47 Å². The van der Waals surface area contributed by atoms with E-state index in [-0.39, 0.29) is 6.29 Å². The molecule has 0 spiro atoms. The molecule has 1 aromatic carbocycles. The molecule has 0 saturated carbocycles. The highest BCUT2D eigenvalue weighted by Gasteiger charge is 2.24. The van der Waals surface area contributed by atoms with Gasteiger partial charge in [0.15, 0.2) is 6.29 Å². The van der Waals surface area contributed by atoms with Crippen molar-refractivity contribution in [2.75, 3.05) is 26.3 Å². The fourth-order valence-corrected chi connectivity index (χ4v) is 2.46. The number of ether oxygens (including phenoxy) is 2. The van der Waals surface area contributed by atoms with Gasteiger partial charge in [0, 0.05) is 32.2 Å². The van der Waals surface area contributed by atoms with Crippen LogP contribution in [0.25, 0.3) is 0 Å². The number of hydrogen-bond acceptors (Lipinski definition) is 3. The smallest absolute Gasteiger partial charge is 0.169 e. The van der Waals surface area contributed by atoms with Gasteiger partial charge in [0.2, 0.25) is 0 Å². The zero-order chi connectivity index (χ0) is 12.8. The Bertz CT molecular complexity index is 361. The lowest BCUT2D eigenvalue weighted by molar-refractivity contribution is -0.132. The standard InChI is InChI=1S/C15H23NO2/c1-3-17-15(18-4-2)11-16-10-13-9-12-7-5-6-8-14(12)13/h5-8,13,15-16H,3-4,9-11H2,1-2H3. The Kier molecular flexibility index (Phi) is 5.17. The largest absolute Gasteiger partial charge is 0.352 e. The minimum atomic E-state index is -0.115. The topological polar surface area (TPSA) is 30.5 Å². The first-order valence-corrected chi connectivity index (χ1v) is 6.86. The van der Waals surface area contributed by atoms with E-state index in [1.807, 2.05) is 13.8 Å². The van der Waals surface area contributed by atoms with Crippen LogP contribution < -0.4 is 5.32 Å². The molecule has 1 aliphatic carbocycles. The highest BCUT2D eigenvalue weighted by Crippen LogP contribution is 2.33. The average Bonchev–Trinajstić information content (AvgIpc) is 2.35. The minimum absolute atomic E-state index is 0.115. The highest BCUT2D eigenvalue weighted by atomic mass is 16.7. The molecular weight excluding hydrogens is 226 g/mol. The third kappa shape index (κ3) is 3.31. The van der Waals surface area contributed by atoms with Gasteiger partial charge >= 0.3 is 0 Å². The molecule has 0 aliphatic heterocycles. The van der Waals surface area contributed by atoms with Crippen LogP contribution in [0.15, 0.2) is 24.3 Å². The number of hydrogen-bond donors (Lipinski definition) is 1. The normalized spacial score (nSPS) is 17.6. The number of fused-ring (bicyclic) bond motifs is 1. The van der Waals surface area contributed by atoms with Crippen molar-refractivity contribution in [3.05, 3.63) is 35.4 Å². The lowest BCUT2D eigenvalue weighted by Crippen LogP contribution is -2.36. The van der Waals surface area contributed by atoms with Crippen LogP contribution in [0.1, 0.15) is 30.9 Å². The van der Waals surface area contributed by atoms with Crippen LogP contribution in [0.3, 0.4) is 0 Å². The van der Waals surface area contributed by atoms with Crippen molar-refractivity contribution in [2.24, 2.45) is 0 Å². The summed E-state index contributed by atoms with van der Waals surface area (Å²) < 4.78 is 11.0. The molecule has 18 heavy (non-hydrogen) atoms. The van der Waals surface area contributed by atoms with E-state index < -0.39 is 0 Å². The first-order chi connectivity index (χ1) is 8.85. The van der Waals surface area contributed by atoms with Crippen molar-refractivity contribution in [3.63, 3.8) is 0 Å². The van der Waals surface area contributed by atoms with Gasteiger partial charge < -0.3 is 14.8 Å². The van der Waals surface area contributed by atoms with Gasteiger partial charge in [-0.15, -0.1) is 0 Å². The van der Waals surface area contributed by atoms with E-state index in [0.29, 0.717) is 19.1 Å². The predicted molar refractivity (Wildman–Crippen MR) is 72.8 cm³/mol. The van der Waals surface area contributed by atoms with Crippen molar-refractivity contribution in [1.82, 2.24) is 5.32 Å². The molecule has 0 heterocycles. The highest BCUT2D eigenvalue weighted by molar-refractivity contribution is 5.40. The van der Waals surface area contributed by atoms with Gasteiger partial charge in [0.25, 0.3) is 0 Å². The third-order valence-corrected chi connectivity index (χ3v) is 3.37. The molecule has 0 aromatic heterocycles. The van der Waals surface area contributed by atoms with Gasteiger partial charge in [0.05, 0.1) is 0 Å².